The first-order valence-electron chi connectivity index (χ1n) is 9.32. The van der Waals surface area contributed by atoms with Crippen LogP contribution < -0.4 is 20.9 Å². The number of benzene rings is 2. The molecule has 0 bridgehead atoms. The number of nitrogens with two attached hydrogens (primary N) is 2. The summed E-state index contributed by atoms with van der Waals surface area (Å²) in [5, 5.41) is 14.9. The van der Waals surface area contributed by atoms with Gasteiger partial charge < -0.3 is 25.7 Å². The van der Waals surface area contributed by atoms with Gasteiger partial charge in [-0.05, 0) is 76.2 Å². The summed E-state index contributed by atoms with van der Waals surface area (Å²) in [5.41, 5.74) is 11.2. The first-order chi connectivity index (χ1) is 13.5. The molecule has 0 saturated heterocycles. The molecule has 0 aliphatic rings. The molecule has 2 aromatic carbocycles. The Morgan fingerprint density at radius 3 is 1.28 bits per heavy atom. The zero-order valence-corrected chi connectivity index (χ0v) is 17.4. The third-order valence-electron chi connectivity index (χ3n) is 4.02. The van der Waals surface area contributed by atoms with E-state index in [2.05, 4.69) is 0 Å². The van der Waals surface area contributed by atoms with Crippen LogP contribution in [0.15, 0.2) is 48.5 Å². The first kappa shape index (κ1) is 22.2. The lowest BCUT2D eigenvalue weighted by atomic mass is 10.1. The van der Waals surface area contributed by atoms with Crippen molar-refractivity contribution in [2.24, 2.45) is 11.5 Å². The van der Waals surface area contributed by atoms with Crippen LogP contribution in [0.2, 0.25) is 0 Å². The average Bonchev–Trinajstić information content (AvgIpc) is 2.61. The zero-order chi connectivity index (χ0) is 21.7. The van der Waals surface area contributed by atoms with Gasteiger partial charge in [-0.1, -0.05) is 0 Å². The standard InChI is InChI=1S/C22H30N4O3/c1-21(2,28-17-9-5-15(6-10-17)19(23)24)13-27-14-22(3,4)29-18-11-7-16(8-12-18)20(25)26/h5-12H,13-14H2,1-4H3,(H3,23,24)(H3,25,26). The summed E-state index contributed by atoms with van der Waals surface area (Å²) in [6, 6.07) is 14.2. The molecule has 2 rings (SSSR count). The van der Waals surface area contributed by atoms with E-state index in [1.165, 1.54) is 0 Å². The van der Waals surface area contributed by atoms with Crippen LogP contribution >= 0.6 is 0 Å². The minimum Gasteiger partial charge on any atom is -0.485 e. The summed E-state index contributed by atoms with van der Waals surface area (Å²) in [4.78, 5) is 0. The summed E-state index contributed by atoms with van der Waals surface area (Å²) >= 11 is 0. The predicted octanol–water partition coefficient (Wildman–Crippen LogP) is 3.29. The van der Waals surface area contributed by atoms with E-state index in [-0.39, 0.29) is 11.7 Å². The molecular formula is C22H30N4O3. The molecule has 156 valence electrons. The number of rotatable bonds is 10. The van der Waals surface area contributed by atoms with Crippen molar-refractivity contribution in [2.75, 3.05) is 13.2 Å². The third kappa shape index (κ3) is 7.12. The van der Waals surface area contributed by atoms with Gasteiger partial charge in [-0.2, -0.15) is 0 Å². The zero-order valence-electron chi connectivity index (χ0n) is 17.4. The highest BCUT2D eigenvalue weighted by molar-refractivity contribution is 5.95. The molecule has 0 aliphatic heterocycles. The number of nitrogen functional groups attached to an aromatic ring is 2. The molecule has 0 amide bonds. The maximum Gasteiger partial charge on any atom is 0.127 e. The van der Waals surface area contributed by atoms with Gasteiger partial charge in [0.15, 0.2) is 0 Å². The molecule has 7 nitrogen and oxygen atoms in total. The van der Waals surface area contributed by atoms with E-state index in [1.54, 1.807) is 48.5 Å². The van der Waals surface area contributed by atoms with E-state index in [0.29, 0.717) is 35.8 Å². The maximum atomic E-state index is 7.43. The van der Waals surface area contributed by atoms with Crippen molar-refractivity contribution in [3.05, 3.63) is 59.7 Å². The van der Waals surface area contributed by atoms with E-state index < -0.39 is 11.2 Å². The minimum atomic E-state index is -0.545. The van der Waals surface area contributed by atoms with Gasteiger partial charge in [-0.25, -0.2) is 0 Å². The highest BCUT2D eigenvalue weighted by Gasteiger charge is 2.25. The summed E-state index contributed by atoms with van der Waals surface area (Å²) in [7, 11) is 0. The van der Waals surface area contributed by atoms with Crippen molar-refractivity contribution in [2.45, 2.75) is 38.9 Å². The fourth-order valence-corrected chi connectivity index (χ4v) is 2.64. The van der Waals surface area contributed by atoms with Crippen LogP contribution in [0, 0.1) is 10.8 Å². The monoisotopic (exact) mass is 398 g/mol. The second-order valence-corrected chi connectivity index (χ2v) is 8.09. The van der Waals surface area contributed by atoms with E-state index >= 15 is 0 Å². The van der Waals surface area contributed by atoms with E-state index in [9.17, 15) is 0 Å². The van der Waals surface area contributed by atoms with Crippen molar-refractivity contribution in [3.63, 3.8) is 0 Å². The molecule has 0 aliphatic carbocycles. The van der Waals surface area contributed by atoms with E-state index in [1.807, 2.05) is 27.7 Å². The Bertz CT molecular complexity index is 772. The van der Waals surface area contributed by atoms with Crippen molar-refractivity contribution in [1.82, 2.24) is 0 Å². The summed E-state index contributed by atoms with van der Waals surface area (Å²) in [6.07, 6.45) is 0. The van der Waals surface area contributed by atoms with Gasteiger partial charge in [0.1, 0.15) is 34.4 Å². The quantitative estimate of drug-likeness (QED) is 0.361. The lowest BCUT2D eigenvalue weighted by Gasteiger charge is -2.30. The Morgan fingerprint density at radius 2 is 1.00 bits per heavy atom. The molecule has 0 fully saturated rings. The lowest BCUT2D eigenvalue weighted by molar-refractivity contribution is -0.0532. The van der Waals surface area contributed by atoms with Gasteiger partial charge in [0.05, 0.1) is 13.2 Å². The minimum absolute atomic E-state index is 0.0253. The van der Waals surface area contributed by atoms with Crippen molar-refractivity contribution >= 4 is 11.7 Å². The van der Waals surface area contributed by atoms with Gasteiger partial charge in [0.2, 0.25) is 0 Å². The van der Waals surface area contributed by atoms with Crippen LogP contribution in [0.25, 0.3) is 0 Å². The number of nitrogens with one attached hydrogen (secondary N) is 2. The predicted molar refractivity (Wildman–Crippen MR) is 115 cm³/mol. The van der Waals surface area contributed by atoms with Crippen molar-refractivity contribution in [1.29, 1.82) is 10.8 Å². The summed E-state index contributed by atoms with van der Waals surface area (Å²) in [5.74, 6) is 1.42. The summed E-state index contributed by atoms with van der Waals surface area (Å²) < 4.78 is 17.9. The Kier molecular flexibility index (Phi) is 6.87. The first-order valence-corrected chi connectivity index (χ1v) is 9.32. The van der Waals surface area contributed by atoms with Crippen LogP contribution in [-0.2, 0) is 4.74 Å². The normalized spacial score (nSPS) is 11.7. The highest BCUT2D eigenvalue weighted by atomic mass is 16.6. The van der Waals surface area contributed by atoms with Crippen LogP contribution in [-0.4, -0.2) is 36.1 Å². The topological polar surface area (TPSA) is 127 Å². The Hall–Kier alpha value is -3.06. The average molecular weight is 399 g/mol. The molecule has 0 saturated carbocycles. The third-order valence-corrected chi connectivity index (χ3v) is 4.02. The fraction of sp³-hybridized carbons (Fsp3) is 0.364. The lowest BCUT2D eigenvalue weighted by Crippen LogP contribution is -2.39. The van der Waals surface area contributed by atoms with Crippen molar-refractivity contribution in [3.8, 4) is 11.5 Å². The molecular weight excluding hydrogens is 368 g/mol. The number of ether oxygens (including phenoxy) is 3. The molecule has 0 unspecified atom stereocenters. The van der Waals surface area contributed by atoms with Crippen molar-refractivity contribution < 1.29 is 14.2 Å². The van der Waals surface area contributed by atoms with Gasteiger partial charge >= 0.3 is 0 Å². The number of amidine groups is 2. The van der Waals surface area contributed by atoms with Crippen LogP contribution in [0.1, 0.15) is 38.8 Å². The summed E-state index contributed by atoms with van der Waals surface area (Å²) in [6.45, 7) is 8.52. The Morgan fingerprint density at radius 1 is 0.690 bits per heavy atom. The SMILES string of the molecule is CC(C)(COCC(C)(C)Oc1ccc(C(=N)N)cc1)Oc1ccc(C(=N)N)cc1. The largest absolute Gasteiger partial charge is 0.485 e. The smallest absolute Gasteiger partial charge is 0.127 e. The molecule has 0 aromatic heterocycles. The van der Waals surface area contributed by atoms with Gasteiger partial charge in [-0.3, -0.25) is 10.8 Å². The van der Waals surface area contributed by atoms with Crippen LogP contribution in [0.5, 0.6) is 11.5 Å². The molecule has 0 radical (unpaired) electrons. The van der Waals surface area contributed by atoms with Gasteiger partial charge in [0.25, 0.3) is 0 Å². The Labute approximate surface area is 172 Å². The van der Waals surface area contributed by atoms with E-state index in [4.69, 9.17) is 36.5 Å². The number of hydrogen-bond donors (Lipinski definition) is 4. The van der Waals surface area contributed by atoms with Crippen LogP contribution in [0.4, 0.5) is 0 Å². The van der Waals surface area contributed by atoms with Crippen LogP contribution in [0.3, 0.4) is 0 Å². The fourth-order valence-electron chi connectivity index (χ4n) is 2.64. The highest BCUT2D eigenvalue weighted by Crippen LogP contribution is 2.22. The number of hydrogen-bond acceptors (Lipinski definition) is 5. The van der Waals surface area contributed by atoms with Gasteiger partial charge in [0, 0.05) is 11.1 Å². The maximum absolute atomic E-state index is 7.43. The molecule has 7 heteroatoms. The second-order valence-electron chi connectivity index (χ2n) is 8.09. The second kappa shape index (κ2) is 8.96. The molecule has 6 N–H and O–H groups in total. The molecule has 29 heavy (non-hydrogen) atoms. The Balaban J connectivity index is 1.85. The molecule has 0 spiro atoms. The molecule has 0 heterocycles. The van der Waals surface area contributed by atoms with E-state index in [0.717, 1.165) is 0 Å². The molecule has 2 aromatic rings. The molecule has 0 atom stereocenters. The van der Waals surface area contributed by atoms with Gasteiger partial charge in [-0.15, -0.1) is 0 Å².